The summed E-state index contributed by atoms with van der Waals surface area (Å²) in [6.07, 6.45) is 6.07. The fraction of sp³-hybridized carbons (Fsp3) is 0.318. The molecule has 1 fully saturated rings. The lowest BCUT2D eigenvalue weighted by Crippen LogP contribution is -2.29. The molecule has 1 amide bonds. The Morgan fingerprint density at radius 3 is 2.93 bits per heavy atom. The van der Waals surface area contributed by atoms with Gasteiger partial charge in [0.1, 0.15) is 11.3 Å². The van der Waals surface area contributed by atoms with E-state index in [1.54, 1.807) is 18.7 Å². The van der Waals surface area contributed by atoms with E-state index in [1.807, 2.05) is 36.9 Å². The third-order valence-electron chi connectivity index (χ3n) is 5.48. The number of nitrogens with zero attached hydrogens (tertiary/aromatic N) is 5. The van der Waals surface area contributed by atoms with Gasteiger partial charge >= 0.3 is 0 Å². The fourth-order valence-corrected chi connectivity index (χ4v) is 3.80. The number of aryl methyl sites for hydroxylation is 2. The number of benzene rings is 1. The maximum Gasteiger partial charge on any atom is 0.267 e. The Hall–Kier alpha value is -3.55. The summed E-state index contributed by atoms with van der Waals surface area (Å²) in [5.74, 6) is 0.983. The summed E-state index contributed by atoms with van der Waals surface area (Å²) in [6, 6.07) is 6.03. The first-order valence-electron chi connectivity index (χ1n) is 9.94. The number of carbonyl (C=O) groups is 1. The van der Waals surface area contributed by atoms with E-state index in [1.165, 1.54) is 0 Å². The number of furan rings is 1. The largest absolute Gasteiger partial charge is 0.464 e. The van der Waals surface area contributed by atoms with Crippen LogP contribution in [0.1, 0.15) is 35.1 Å². The SMILES string of the molecule is Cc1ccc2c(CC(=O)N3CC[C@H](c4nnc(-c5cnc(C)cn5)o4)C3)coc2c1. The van der Waals surface area contributed by atoms with Gasteiger partial charge in [0.25, 0.3) is 5.89 Å². The van der Waals surface area contributed by atoms with Crippen molar-refractivity contribution in [3.05, 3.63) is 59.6 Å². The molecule has 152 valence electrons. The van der Waals surface area contributed by atoms with Gasteiger partial charge in [0.15, 0.2) is 0 Å². The van der Waals surface area contributed by atoms with E-state index in [4.69, 9.17) is 8.83 Å². The third-order valence-corrected chi connectivity index (χ3v) is 5.48. The lowest BCUT2D eigenvalue weighted by molar-refractivity contribution is -0.129. The summed E-state index contributed by atoms with van der Waals surface area (Å²) in [4.78, 5) is 23.2. The molecular formula is C22H21N5O3. The normalized spacial score (nSPS) is 16.5. The Morgan fingerprint density at radius 2 is 2.10 bits per heavy atom. The van der Waals surface area contributed by atoms with Crippen LogP contribution in [0.2, 0.25) is 0 Å². The van der Waals surface area contributed by atoms with Crippen molar-refractivity contribution >= 4 is 16.9 Å². The minimum atomic E-state index is 0.0253. The lowest BCUT2D eigenvalue weighted by Gasteiger charge is -2.15. The number of aromatic nitrogens is 4. The zero-order chi connectivity index (χ0) is 20.7. The van der Waals surface area contributed by atoms with Gasteiger partial charge in [-0.05, 0) is 31.9 Å². The monoisotopic (exact) mass is 403 g/mol. The molecule has 5 rings (SSSR count). The third kappa shape index (κ3) is 3.45. The molecule has 1 atom stereocenters. The van der Waals surface area contributed by atoms with Crippen molar-refractivity contribution in [1.82, 2.24) is 25.1 Å². The first kappa shape index (κ1) is 18.5. The van der Waals surface area contributed by atoms with Crippen molar-refractivity contribution in [2.75, 3.05) is 13.1 Å². The molecule has 0 bridgehead atoms. The predicted octanol–water partition coefficient (Wildman–Crippen LogP) is 3.45. The maximum atomic E-state index is 12.9. The highest BCUT2D eigenvalue weighted by Crippen LogP contribution is 2.29. The second kappa shape index (κ2) is 7.37. The number of likely N-dealkylation sites (tertiary alicyclic amines) is 1. The first-order valence-corrected chi connectivity index (χ1v) is 9.94. The van der Waals surface area contributed by atoms with Gasteiger partial charge < -0.3 is 13.7 Å². The Balaban J connectivity index is 1.26. The number of hydrogen-bond donors (Lipinski definition) is 0. The quantitative estimate of drug-likeness (QED) is 0.515. The van der Waals surface area contributed by atoms with Gasteiger partial charge in [-0.15, -0.1) is 10.2 Å². The molecule has 0 N–H and O–H groups in total. The van der Waals surface area contributed by atoms with Crippen LogP contribution in [0.25, 0.3) is 22.6 Å². The van der Waals surface area contributed by atoms with Crippen LogP contribution in [0, 0.1) is 13.8 Å². The van der Waals surface area contributed by atoms with Crippen LogP contribution < -0.4 is 0 Å². The molecule has 1 saturated heterocycles. The topological polar surface area (TPSA) is 98.2 Å². The summed E-state index contributed by atoms with van der Waals surface area (Å²) < 4.78 is 11.4. The van der Waals surface area contributed by atoms with Crippen molar-refractivity contribution in [3.8, 4) is 11.6 Å². The van der Waals surface area contributed by atoms with Crippen molar-refractivity contribution in [2.24, 2.45) is 0 Å². The van der Waals surface area contributed by atoms with Crippen LogP contribution in [0.15, 0.2) is 45.7 Å². The number of fused-ring (bicyclic) bond motifs is 1. The van der Waals surface area contributed by atoms with Gasteiger partial charge in [0.05, 0.1) is 30.5 Å². The Morgan fingerprint density at radius 1 is 1.20 bits per heavy atom. The van der Waals surface area contributed by atoms with Crippen LogP contribution in [0.5, 0.6) is 0 Å². The smallest absolute Gasteiger partial charge is 0.267 e. The van der Waals surface area contributed by atoms with Gasteiger partial charge in [0, 0.05) is 30.2 Å². The average molecular weight is 403 g/mol. The molecule has 1 aliphatic heterocycles. The van der Waals surface area contributed by atoms with E-state index in [0.717, 1.165) is 34.2 Å². The van der Waals surface area contributed by atoms with E-state index < -0.39 is 0 Å². The molecule has 1 aromatic carbocycles. The highest BCUT2D eigenvalue weighted by molar-refractivity contribution is 5.88. The number of rotatable bonds is 4. The highest BCUT2D eigenvalue weighted by Gasteiger charge is 2.31. The van der Waals surface area contributed by atoms with E-state index in [0.29, 0.717) is 37.0 Å². The van der Waals surface area contributed by atoms with Gasteiger partial charge in [-0.1, -0.05) is 12.1 Å². The molecule has 0 unspecified atom stereocenters. The number of hydrogen-bond acceptors (Lipinski definition) is 7. The van der Waals surface area contributed by atoms with E-state index in [9.17, 15) is 4.79 Å². The Bertz CT molecular complexity index is 1210. The van der Waals surface area contributed by atoms with Crippen LogP contribution >= 0.6 is 0 Å². The second-order valence-corrected chi connectivity index (χ2v) is 7.75. The molecule has 0 radical (unpaired) electrons. The molecule has 0 spiro atoms. The lowest BCUT2D eigenvalue weighted by atomic mass is 10.1. The first-order chi connectivity index (χ1) is 14.6. The van der Waals surface area contributed by atoms with Crippen molar-refractivity contribution in [2.45, 2.75) is 32.6 Å². The van der Waals surface area contributed by atoms with E-state index >= 15 is 0 Å². The second-order valence-electron chi connectivity index (χ2n) is 7.75. The molecule has 4 heterocycles. The van der Waals surface area contributed by atoms with Gasteiger partial charge in [-0.25, -0.2) is 4.98 Å². The average Bonchev–Trinajstić information content (AvgIpc) is 3.48. The summed E-state index contributed by atoms with van der Waals surface area (Å²) >= 11 is 0. The van der Waals surface area contributed by atoms with E-state index in [2.05, 4.69) is 20.2 Å². The zero-order valence-corrected chi connectivity index (χ0v) is 16.8. The summed E-state index contributed by atoms with van der Waals surface area (Å²) in [7, 11) is 0. The minimum absolute atomic E-state index is 0.0253. The fourth-order valence-electron chi connectivity index (χ4n) is 3.80. The summed E-state index contributed by atoms with van der Waals surface area (Å²) in [5, 5.41) is 9.27. The van der Waals surface area contributed by atoms with Crippen LogP contribution in [-0.4, -0.2) is 44.1 Å². The van der Waals surface area contributed by atoms with Crippen LogP contribution in [0.3, 0.4) is 0 Å². The summed E-state index contributed by atoms with van der Waals surface area (Å²) in [6.45, 7) is 5.12. The molecule has 3 aromatic heterocycles. The summed E-state index contributed by atoms with van der Waals surface area (Å²) in [5.41, 5.74) is 4.23. The Kier molecular flexibility index (Phi) is 4.54. The number of carbonyl (C=O) groups excluding carboxylic acids is 1. The Labute approximate surface area is 172 Å². The molecule has 8 nitrogen and oxygen atoms in total. The standard InChI is InChI=1S/C22H21N5O3/c1-13-3-4-17-16(12-29-19(17)7-13)8-20(28)27-6-5-15(11-27)21-25-26-22(30-21)18-10-23-14(2)9-24-18/h3-4,7,9-10,12,15H,5-6,8,11H2,1-2H3/t15-/m0/s1. The van der Waals surface area contributed by atoms with Crippen LogP contribution in [0.4, 0.5) is 0 Å². The number of amides is 1. The van der Waals surface area contributed by atoms with Gasteiger partial charge in [-0.2, -0.15) is 0 Å². The minimum Gasteiger partial charge on any atom is -0.464 e. The predicted molar refractivity (Wildman–Crippen MR) is 109 cm³/mol. The molecule has 1 aliphatic rings. The van der Waals surface area contributed by atoms with Gasteiger partial charge in [0.2, 0.25) is 11.8 Å². The molecule has 0 saturated carbocycles. The van der Waals surface area contributed by atoms with Crippen LogP contribution in [-0.2, 0) is 11.2 Å². The van der Waals surface area contributed by atoms with Crippen molar-refractivity contribution < 1.29 is 13.6 Å². The van der Waals surface area contributed by atoms with E-state index in [-0.39, 0.29) is 11.8 Å². The molecule has 30 heavy (non-hydrogen) atoms. The molecule has 4 aromatic rings. The maximum absolute atomic E-state index is 12.9. The zero-order valence-electron chi connectivity index (χ0n) is 16.8. The molecule has 8 heteroatoms. The highest BCUT2D eigenvalue weighted by atomic mass is 16.4. The molecular weight excluding hydrogens is 382 g/mol. The molecule has 0 aliphatic carbocycles. The van der Waals surface area contributed by atoms with Crippen molar-refractivity contribution in [3.63, 3.8) is 0 Å². The van der Waals surface area contributed by atoms with Crippen molar-refractivity contribution in [1.29, 1.82) is 0 Å². The van der Waals surface area contributed by atoms with Gasteiger partial charge in [-0.3, -0.25) is 9.78 Å².